The van der Waals surface area contributed by atoms with Gasteiger partial charge in [0.15, 0.2) is 0 Å². The first-order valence-corrected chi connectivity index (χ1v) is 10.5. The van der Waals surface area contributed by atoms with Crippen LogP contribution in [0.5, 0.6) is 5.75 Å². The molecule has 0 bridgehead atoms. The number of hydrogen-bond donors (Lipinski definition) is 0. The summed E-state index contributed by atoms with van der Waals surface area (Å²) in [5, 5.41) is 0.565. The van der Waals surface area contributed by atoms with E-state index in [1.54, 1.807) is 18.0 Å². The molecule has 0 unspecified atom stereocenters. The number of para-hydroxylation sites is 2. The fourth-order valence-corrected chi connectivity index (χ4v) is 4.88. The molecule has 8 heteroatoms. The largest absolute Gasteiger partial charge is 0.495 e. The molecule has 0 aliphatic carbocycles. The van der Waals surface area contributed by atoms with Gasteiger partial charge < -0.3 is 14.5 Å². The number of benzene rings is 1. The molecule has 0 spiro atoms. The molecule has 1 amide bonds. The quantitative estimate of drug-likeness (QED) is 0.659. The number of carbonyl (C=O) groups excluding carboxylic acids is 1. The van der Waals surface area contributed by atoms with Crippen LogP contribution in [0.15, 0.2) is 35.4 Å². The Kier molecular flexibility index (Phi) is 5.27. The van der Waals surface area contributed by atoms with E-state index in [1.165, 1.54) is 11.3 Å². The topological polar surface area (TPSA) is 67.7 Å². The molecule has 1 saturated heterocycles. The van der Waals surface area contributed by atoms with Crippen molar-refractivity contribution in [3.05, 3.63) is 51.4 Å². The van der Waals surface area contributed by atoms with Gasteiger partial charge >= 0.3 is 0 Å². The zero-order chi connectivity index (χ0) is 20.5. The van der Waals surface area contributed by atoms with Crippen molar-refractivity contribution < 1.29 is 9.53 Å². The van der Waals surface area contributed by atoms with Crippen LogP contribution in [0.1, 0.15) is 22.2 Å². The van der Waals surface area contributed by atoms with Gasteiger partial charge in [-0.25, -0.2) is 4.98 Å². The molecule has 29 heavy (non-hydrogen) atoms. The van der Waals surface area contributed by atoms with E-state index in [9.17, 15) is 9.59 Å². The van der Waals surface area contributed by atoms with Gasteiger partial charge in [-0.15, -0.1) is 11.3 Å². The van der Waals surface area contributed by atoms with Crippen molar-refractivity contribution in [3.8, 4) is 5.75 Å². The summed E-state index contributed by atoms with van der Waals surface area (Å²) in [5.74, 6) is 0.818. The number of carbonyl (C=O) groups is 1. The zero-order valence-corrected chi connectivity index (χ0v) is 17.7. The fraction of sp³-hybridized carbons (Fsp3) is 0.381. The number of amides is 1. The highest BCUT2D eigenvalue weighted by Crippen LogP contribution is 2.30. The van der Waals surface area contributed by atoms with Crippen LogP contribution in [0.3, 0.4) is 0 Å². The van der Waals surface area contributed by atoms with Gasteiger partial charge in [0.1, 0.15) is 10.6 Å². The molecule has 0 atom stereocenters. The van der Waals surface area contributed by atoms with Crippen LogP contribution in [0, 0.1) is 6.92 Å². The number of ether oxygens (including phenoxy) is 1. The highest BCUT2D eigenvalue weighted by atomic mass is 32.1. The predicted octanol–water partition coefficient (Wildman–Crippen LogP) is 2.76. The molecule has 1 fully saturated rings. The molecule has 3 aromatic rings. The van der Waals surface area contributed by atoms with Crippen LogP contribution in [0.25, 0.3) is 10.2 Å². The first kappa shape index (κ1) is 19.4. The second kappa shape index (κ2) is 7.87. The molecule has 4 rings (SSSR count). The van der Waals surface area contributed by atoms with Gasteiger partial charge in [-0.2, -0.15) is 0 Å². The highest BCUT2D eigenvalue weighted by molar-refractivity contribution is 7.20. The average molecular weight is 413 g/mol. The minimum atomic E-state index is -0.0775. The van der Waals surface area contributed by atoms with Crippen molar-refractivity contribution in [2.75, 3.05) is 38.2 Å². The molecule has 1 aromatic carbocycles. The molecule has 2 aromatic heterocycles. The first-order chi connectivity index (χ1) is 14.0. The molecular formula is C21H24N4O3S. The summed E-state index contributed by atoms with van der Waals surface area (Å²) in [7, 11) is 1.67. The van der Waals surface area contributed by atoms with Crippen molar-refractivity contribution in [2.45, 2.75) is 20.4 Å². The molecule has 1 aliphatic rings. The minimum Gasteiger partial charge on any atom is -0.495 e. The van der Waals surface area contributed by atoms with Gasteiger partial charge in [0.05, 0.1) is 29.4 Å². The Morgan fingerprint density at radius 3 is 2.62 bits per heavy atom. The smallest absolute Gasteiger partial charge is 0.264 e. The number of aryl methyl sites for hydroxylation is 2. The summed E-state index contributed by atoms with van der Waals surface area (Å²) >= 11 is 1.31. The number of aromatic nitrogens is 2. The van der Waals surface area contributed by atoms with Gasteiger partial charge in [0, 0.05) is 32.7 Å². The first-order valence-electron chi connectivity index (χ1n) is 9.71. The lowest BCUT2D eigenvalue weighted by atomic mass is 10.2. The molecule has 0 saturated carbocycles. The van der Waals surface area contributed by atoms with Crippen molar-refractivity contribution >= 4 is 33.1 Å². The van der Waals surface area contributed by atoms with E-state index >= 15 is 0 Å². The van der Waals surface area contributed by atoms with E-state index in [-0.39, 0.29) is 11.5 Å². The number of rotatable bonds is 4. The van der Waals surface area contributed by atoms with Crippen LogP contribution < -0.4 is 15.2 Å². The molecule has 3 heterocycles. The van der Waals surface area contributed by atoms with E-state index in [0.29, 0.717) is 34.7 Å². The van der Waals surface area contributed by atoms with Crippen LogP contribution in [-0.2, 0) is 6.54 Å². The van der Waals surface area contributed by atoms with E-state index in [2.05, 4.69) is 9.88 Å². The summed E-state index contributed by atoms with van der Waals surface area (Å²) in [4.78, 5) is 35.5. The maximum absolute atomic E-state index is 13.2. The molecule has 1 aliphatic heterocycles. The van der Waals surface area contributed by atoms with E-state index in [4.69, 9.17) is 4.74 Å². The summed E-state index contributed by atoms with van der Waals surface area (Å²) in [6.07, 6.45) is 1.56. The second-order valence-electron chi connectivity index (χ2n) is 7.02. The Labute approximate surface area is 173 Å². The number of fused-ring (bicyclic) bond motifs is 1. The standard InChI is InChI=1S/C21H24N4O3S/c1-4-23-13-22-19-17(20(23)26)14(2)18(29-19)21(27)25-11-9-24(10-12-25)15-7-5-6-8-16(15)28-3/h5-8,13H,4,9-12H2,1-3H3. The Hall–Kier alpha value is -2.87. The number of nitrogens with zero attached hydrogens (tertiary/aromatic N) is 4. The van der Waals surface area contributed by atoms with Crippen LogP contribution >= 0.6 is 11.3 Å². The third-order valence-electron chi connectivity index (χ3n) is 5.44. The van der Waals surface area contributed by atoms with Gasteiger partial charge in [-0.1, -0.05) is 12.1 Å². The Morgan fingerprint density at radius 2 is 1.93 bits per heavy atom. The van der Waals surface area contributed by atoms with E-state index < -0.39 is 0 Å². The summed E-state index contributed by atoms with van der Waals surface area (Å²) in [6, 6.07) is 7.93. The Bertz CT molecular complexity index is 1110. The van der Waals surface area contributed by atoms with E-state index in [0.717, 1.165) is 30.1 Å². The molecular weight excluding hydrogens is 388 g/mol. The van der Waals surface area contributed by atoms with Gasteiger partial charge in [0.25, 0.3) is 11.5 Å². The third-order valence-corrected chi connectivity index (χ3v) is 6.63. The molecule has 7 nitrogen and oxygen atoms in total. The molecule has 152 valence electrons. The van der Waals surface area contributed by atoms with Gasteiger partial charge in [-0.05, 0) is 31.5 Å². The second-order valence-corrected chi connectivity index (χ2v) is 8.02. The Balaban J connectivity index is 1.55. The lowest BCUT2D eigenvalue weighted by Gasteiger charge is -2.36. The molecule has 0 radical (unpaired) electrons. The maximum Gasteiger partial charge on any atom is 0.264 e. The van der Waals surface area contributed by atoms with Crippen LogP contribution in [-0.4, -0.2) is 53.6 Å². The highest BCUT2D eigenvalue weighted by Gasteiger charge is 2.27. The monoisotopic (exact) mass is 412 g/mol. The van der Waals surface area contributed by atoms with E-state index in [1.807, 2.05) is 43.0 Å². The normalized spacial score (nSPS) is 14.4. The molecule has 0 N–H and O–H groups in total. The predicted molar refractivity (Wildman–Crippen MR) is 115 cm³/mol. The number of methoxy groups -OCH3 is 1. The minimum absolute atomic E-state index is 0.0207. The fourth-order valence-electron chi connectivity index (χ4n) is 3.77. The van der Waals surface area contributed by atoms with Crippen molar-refractivity contribution in [3.63, 3.8) is 0 Å². The van der Waals surface area contributed by atoms with Gasteiger partial charge in [0.2, 0.25) is 0 Å². The van der Waals surface area contributed by atoms with Crippen molar-refractivity contribution in [1.82, 2.24) is 14.5 Å². The van der Waals surface area contributed by atoms with Crippen LogP contribution in [0.4, 0.5) is 5.69 Å². The number of anilines is 1. The number of thiophene rings is 1. The van der Waals surface area contributed by atoms with Gasteiger partial charge in [-0.3, -0.25) is 14.2 Å². The maximum atomic E-state index is 13.2. The number of piperazine rings is 1. The zero-order valence-electron chi connectivity index (χ0n) is 16.8. The van der Waals surface area contributed by atoms with Crippen LogP contribution in [0.2, 0.25) is 0 Å². The van der Waals surface area contributed by atoms with Crippen molar-refractivity contribution in [1.29, 1.82) is 0 Å². The summed E-state index contributed by atoms with van der Waals surface area (Å²) in [6.45, 7) is 7.03. The Morgan fingerprint density at radius 1 is 1.21 bits per heavy atom. The average Bonchev–Trinajstić information content (AvgIpc) is 3.10. The third kappa shape index (κ3) is 3.37. The summed E-state index contributed by atoms with van der Waals surface area (Å²) in [5.41, 5.74) is 1.71. The lowest BCUT2D eigenvalue weighted by Crippen LogP contribution is -2.48. The SMILES string of the molecule is CCn1cnc2sc(C(=O)N3CCN(c4ccccc4OC)CC3)c(C)c2c1=O. The summed E-state index contributed by atoms with van der Waals surface area (Å²) < 4.78 is 7.03. The van der Waals surface area contributed by atoms with Crippen molar-refractivity contribution in [2.24, 2.45) is 0 Å². The lowest BCUT2D eigenvalue weighted by molar-refractivity contribution is 0.0751. The number of hydrogen-bond acceptors (Lipinski definition) is 6.